The molecule has 0 spiro atoms. The summed E-state index contributed by atoms with van der Waals surface area (Å²) >= 11 is 3.77. The molecule has 4 heteroatoms. The second-order valence-corrected chi connectivity index (χ2v) is 6.27. The maximum Gasteiger partial charge on any atom is 0.321 e. The van der Waals surface area contributed by atoms with Crippen molar-refractivity contribution in [1.29, 1.82) is 0 Å². The van der Waals surface area contributed by atoms with Crippen molar-refractivity contribution < 1.29 is 4.79 Å². The van der Waals surface area contributed by atoms with E-state index in [0.717, 1.165) is 12.1 Å². The van der Waals surface area contributed by atoms with Gasteiger partial charge in [-0.05, 0) is 23.6 Å². The van der Waals surface area contributed by atoms with Crippen molar-refractivity contribution in [3.8, 4) is 0 Å². The molecule has 104 valence electrons. The van der Waals surface area contributed by atoms with Crippen LogP contribution in [0.3, 0.4) is 0 Å². The molecule has 0 saturated heterocycles. The number of benzene rings is 1. The zero-order valence-electron chi connectivity index (χ0n) is 11.6. The molecule has 2 amide bonds. The summed E-state index contributed by atoms with van der Waals surface area (Å²) in [6.45, 7) is 2.91. The summed E-state index contributed by atoms with van der Waals surface area (Å²) in [6.07, 6.45) is 4.95. The number of urea groups is 1. The van der Waals surface area contributed by atoms with Crippen molar-refractivity contribution in [2.24, 2.45) is 0 Å². The van der Waals surface area contributed by atoms with Crippen LogP contribution in [-0.2, 0) is 6.54 Å². The lowest BCUT2D eigenvalue weighted by Gasteiger charge is -2.26. The fraction of sp³-hybridized carbons (Fsp3) is 0.533. The van der Waals surface area contributed by atoms with E-state index in [1.54, 1.807) is 4.90 Å². The minimum Gasteiger partial charge on any atom is -0.323 e. The average molecular weight is 325 g/mol. The van der Waals surface area contributed by atoms with E-state index in [0.29, 0.717) is 11.4 Å². The molecule has 1 aromatic carbocycles. The lowest BCUT2D eigenvalue weighted by molar-refractivity contribution is 0.218. The van der Waals surface area contributed by atoms with Crippen LogP contribution in [0.2, 0.25) is 0 Å². The Morgan fingerprint density at radius 2 is 2.21 bits per heavy atom. The van der Waals surface area contributed by atoms with Crippen molar-refractivity contribution >= 4 is 27.6 Å². The summed E-state index contributed by atoms with van der Waals surface area (Å²) in [5, 5.41) is 2.90. The van der Waals surface area contributed by atoms with Crippen LogP contribution in [0.25, 0.3) is 0 Å². The predicted octanol–water partition coefficient (Wildman–Crippen LogP) is 4.68. The van der Waals surface area contributed by atoms with Crippen molar-refractivity contribution in [3.63, 3.8) is 0 Å². The number of hydrogen-bond donors (Lipinski definition) is 1. The number of carbonyl (C=O) groups is 1. The van der Waals surface area contributed by atoms with Gasteiger partial charge in [0.15, 0.2) is 0 Å². The van der Waals surface area contributed by atoms with Gasteiger partial charge in [0.1, 0.15) is 0 Å². The molecule has 0 aromatic heterocycles. The van der Waals surface area contributed by atoms with Gasteiger partial charge in [-0.15, -0.1) is 0 Å². The number of nitrogens with one attached hydrogen (secondary N) is 1. The number of amides is 2. The number of hydrogen-bond acceptors (Lipinski definition) is 1. The Labute approximate surface area is 123 Å². The summed E-state index contributed by atoms with van der Waals surface area (Å²) in [4.78, 5) is 13.7. The Hall–Kier alpha value is -1.03. The maximum atomic E-state index is 11.6. The molecule has 0 fully saturated rings. The van der Waals surface area contributed by atoms with E-state index < -0.39 is 0 Å². The fourth-order valence-electron chi connectivity index (χ4n) is 2.34. The second-order valence-electron chi connectivity index (χ2n) is 5.17. The highest BCUT2D eigenvalue weighted by atomic mass is 79.9. The van der Waals surface area contributed by atoms with Crippen LogP contribution in [0, 0.1) is 0 Å². The third kappa shape index (κ3) is 3.50. The van der Waals surface area contributed by atoms with Crippen molar-refractivity contribution in [2.75, 3.05) is 12.4 Å². The smallest absolute Gasteiger partial charge is 0.321 e. The number of anilines is 1. The molecule has 3 nitrogen and oxygen atoms in total. The molecule has 1 N–H and O–H groups in total. The molecule has 0 aliphatic carbocycles. The Balaban J connectivity index is 2.08. The first-order chi connectivity index (χ1) is 9.11. The van der Waals surface area contributed by atoms with E-state index in [-0.39, 0.29) is 6.03 Å². The molecule has 1 aromatic rings. The standard InChI is InChI=1S/C15H21BrN2O/c1-3-4-5-6-13(16)11-7-8-14-12(9-11)10-18(2)15(19)17-14/h7-9,13H,3-6,10H2,1-2H3,(H,17,19). The quantitative estimate of drug-likeness (QED) is 0.619. The first kappa shape index (κ1) is 14.4. The first-order valence-electron chi connectivity index (χ1n) is 6.91. The van der Waals surface area contributed by atoms with Crippen LogP contribution in [0.4, 0.5) is 10.5 Å². The number of rotatable bonds is 5. The van der Waals surface area contributed by atoms with E-state index in [9.17, 15) is 4.79 Å². The van der Waals surface area contributed by atoms with Gasteiger partial charge < -0.3 is 10.2 Å². The van der Waals surface area contributed by atoms with Crippen LogP contribution < -0.4 is 5.32 Å². The molecule has 1 heterocycles. The summed E-state index contributed by atoms with van der Waals surface area (Å²) in [6, 6.07) is 6.30. The fourth-order valence-corrected chi connectivity index (χ4v) is 2.95. The minimum absolute atomic E-state index is 0.0291. The number of carbonyl (C=O) groups excluding carboxylic acids is 1. The lowest BCUT2D eigenvalue weighted by Crippen LogP contribution is -2.35. The van der Waals surface area contributed by atoms with Gasteiger partial charge in [-0.25, -0.2) is 4.79 Å². The minimum atomic E-state index is -0.0291. The number of fused-ring (bicyclic) bond motifs is 1. The number of halogens is 1. The van der Waals surface area contributed by atoms with Gasteiger partial charge >= 0.3 is 6.03 Å². The van der Waals surface area contributed by atoms with Crippen LogP contribution in [0.5, 0.6) is 0 Å². The predicted molar refractivity (Wildman–Crippen MR) is 82.7 cm³/mol. The number of unbranched alkanes of at least 4 members (excludes halogenated alkanes) is 2. The highest BCUT2D eigenvalue weighted by Crippen LogP contribution is 2.32. The molecular weight excluding hydrogens is 304 g/mol. The Morgan fingerprint density at radius 3 is 2.95 bits per heavy atom. The van der Waals surface area contributed by atoms with E-state index >= 15 is 0 Å². The molecular formula is C15H21BrN2O. The molecule has 0 saturated carbocycles. The molecule has 0 radical (unpaired) electrons. The number of alkyl halides is 1. The second kappa shape index (κ2) is 6.42. The van der Waals surface area contributed by atoms with E-state index in [1.807, 2.05) is 13.1 Å². The Kier molecular flexibility index (Phi) is 4.86. The lowest BCUT2D eigenvalue weighted by atomic mass is 10.0. The van der Waals surface area contributed by atoms with Gasteiger partial charge in [-0.2, -0.15) is 0 Å². The van der Waals surface area contributed by atoms with Gasteiger partial charge in [-0.3, -0.25) is 0 Å². The summed E-state index contributed by atoms with van der Waals surface area (Å²) in [5.74, 6) is 0. The van der Waals surface area contributed by atoms with Crippen LogP contribution in [0.1, 0.15) is 48.6 Å². The summed E-state index contributed by atoms with van der Waals surface area (Å²) < 4.78 is 0. The van der Waals surface area contributed by atoms with E-state index in [1.165, 1.54) is 30.4 Å². The molecule has 1 aliphatic rings. The van der Waals surface area contributed by atoms with Crippen molar-refractivity contribution in [2.45, 2.75) is 44.0 Å². The highest BCUT2D eigenvalue weighted by molar-refractivity contribution is 9.09. The molecule has 1 unspecified atom stereocenters. The van der Waals surface area contributed by atoms with Gasteiger partial charge in [0, 0.05) is 24.1 Å². The average Bonchev–Trinajstić information content (AvgIpc) is 2.40. The molecule has 1 atom stereocenters. The van der Waals surface area contributed by atoms with Crippen LogP contribution in [-0.4, -0.2) is 18.0 Å². The third-order valence-electron chi connectivity index (χ3n) is 3.55. The molecule has 19 heavy (non-hydrogen) atoms. The first-order valence-corrected chi connectivity index (χ1v) is 7.82. The number of nitrogens with zero attached hydrogens (tertiary/aromatic N) is 1. The van der Waals surface area contributed by atoms with Gasteiger partial charge in [-0.1, -0.05) is 54.2 Å². The van der Waals surface area contributed by atoms with Gasteiger partial charge in [0.25, 0.3) is 0 Å². The van der Waals surface area contributed by atoms with Crippen LogP contribution >= 0.6 is 15.9 Å². The van der Waals surface area contributed by atoms with Crippen LogP contribution in [0.15, 0.2) is 18.2 Å². The zero-order chi connectivity index (χ0) is 13.8. The maximum absolute atomic E-state index is 11.6. The molecule has 0 bridgehead atoms. The Bertz CT molecular complexity index is 461. The largest absolute Gasteiger partial charge is 0.323 e. The zero-order valence-corrected chi connectivity index (χ0v) is 13.2. The monoisotopic (exact) mass is 324 g/mol. The summed E-state index contributed by atoms with van der Waals surface area (Å²) in [5.41, 5.74) is 3.44. The van der Waals surface area contributed by atoms with E-state index in [2.05, 4.69) is 40.3 Å². The third-order valence-corrected chi connectivity index (χ3v) is 4.53. The Morgan fingerprint density at radius 1 is 1.42 bits per heavy atom. The van der Waals surface area contributed by atoms with E-state index in [4.69, 9.17) is 0 Å². The molecule has 2 rings (SSSR count). The topological polar surface area (TPSA) is 32.3 Å². The summed E-state index contributed by atoms with van der Waals surface area (Å²) in [7, 11) is 1.82. The van der Waals surface area contributed by atoms with Gasteiger partial charge in [0.2, 0.25) is 0 Å². The normalized spacial score (nSPS) is 15.9. The SMILES string of the molecule is CCCCCC(Br)c1ccc2c(c1)CN(C)C(=O)N2. The molecule has 1 aliphatic heterocycles. The van der Waals surface area contributed by atoms with Crippen molar-refractivity contribution in [3.05, 3.63) is 29.3 Å². The van der Waals surface area contributed by atoms with Gasteiger partial charge in [0.05, 0.1) is 0 Å². The highest BCUT2D eigenvalue weighted by Gasteiger charge is 2.20. The van der Waals surface area contributed by atoms with Crippen molar-refractivity contribution in [1.82, 2.24) is 4.90 Å².